The van der Waals surface area contributed by atoms with E-state index in [0.717, 1.165) is 36.1 Å². The topological polar surface area (TPSA) is 49.3 Å². The summed E-state index contributed by atoms with van der Waals surface area (Å²) in [6, 6.07) is 0.268. The van der Waals surface area contributed by atoms with Gasteiger partial charge in [0.1, 0.15) is 5.01 Å². The lowest BCUT2D eigenvalue weighted by molar-refractivity contribution is -0.130. The largest absolute Gasteiger partial charge is 0.347 e. The number of piperidine rings is 1. The molecule has 0 saturated carbocycles. The van der Waals surface area contributed by atoms with E-state index in [1.165, 1.54) is 0 Å². The van der Waals surface area contributed by atoms with Crippen molar-refractivity contribution in [2.24, 2.45) is 5.92 Å². The van der Waals surface area contributed by atoms with Crippen molar-refractivity contribution >= 4 is 22.4 Å². The minimum Gasteiger partial charge on any atom is -0.347 e. The normalized spacial score (nSPS) is 24.7. The molecule has 0 radical (unpaired) electrons. The number of anilines is 1. The number of halogens is 1. The molecule has 1 aromatic rings. The Morgan fingerprint density at radius 3 is 2.65 bits per heavy atom. The monoisotopic (exact) mass is 298 g/mol. The Morgan fingerprint density at radius 1 is 1.35 bits per heavy atom. The second-order valence-corrected chi connectivity index (χ2v) is 6.75. The molecule has 0 bridgehead atoms. The van der Waals surface area contributed by atoms with E-state index < -0.39 is 0 Å². The summed E-state index contributed by atoms with van der Waals surface area (Å²) < 4.78 is 12.7. The molecule has 1 atom stereocenters. The highest BCUT2D eigenvalue weighted by atomic mass is 32.1. The predicted molar refractivity (Wildman–Crippen MR) is 75.7 cm³/mol. The van der Waals surface area contributed by atoms with E-state index in [4.69, 9.17) is 0 Å². The lowest BCUT2D eigenvalue weighted by Gasteiger charge is -2.36. The minimum atomic E-state index is -0.384. The number of carbonyl (C=O) groups excluding carboxylic acids is 1. The molecule has 2 aliphatic rings. The van der Waals surface area contributed by atoms with E-state index in [2.05, 4.69) is 15.1 Å². The number of rotatable bonds is 3. The van der Waals surface area contributed by atoms with Crippen molar-refractivity contribution in [1.29, 1.82) is 0 Å². The fourth-order valence-corrected chi connectivity index (χ4v) is 3.79. The summed E-state index contributed by atoms with van der Waals surface area (Å²) in [6.07, 6.45) is 2.25. The van der Waals surface area contributed by atoms with Crippen molar-refractivity contribution < 1.29 is 9.18 Å². The van der Waals surface area contributed by atoms with Crippen LogP contribution in [0.15, 0.2) is 0 Å². The SMILES string of the molecule is Cc1nnc(N2CCC(N3CC(CF)CC3=O)CC2)s1. The third-order valence-corrected chi connectivity index (χ3v) is 5.05. The fraction of sp³-hybridized carbons (Fsp3) is 0.769. The summed E-state index contributed by atoms with van der Waals surface area (Å²) in [7, 11) is 0. The molecule has 0 aliphatic carbocycles. The Hall–Kier alpha value is -1.24. The van der Waals surface area contributed by atoms with Crippen LogP contribution in [0.5, 0.6) is 0 Å². The molecule has 1 amide bonds. The zero-order chi connectivity index (χ0) is 14.1. The summed E-state index contributed by atoms with van der Waals surface area (Å²) in [5, 5.41) is 10.2. The van der Waals surface area contributed by atoms with Gasteiger partial charge in [0.25, 0.3) is 0 Å². The van der Waals surface area contributed by atoms with Crippen LogP contribution in [0, 0.1) is 12.8 Å². The van der Waals surface area contributed by atoms with Gasteiger partial charge in [-0.1, -0.05) is 11.3 Å². The Bertz CT molecular complexity index is 486. The second-order valence-electron chi connectivity index (χ2n) is 5.59. The Labute approximate surface area is 121 Å². The Balaban J connectivity index is 1.57. The van der Waals surface area contributed by atoms with Crippen LogP contribution in [0.3, 0.4) is 0 Å². The number of carbonyl (C=O) groups is 1. The van der Waals surface area contributed by atoms with Crippen LogP contribution in [0.2, 0.25) is 0 Å². The molecule has 0 N–H and O–H groups in total. The predicted octanol–water partition coefficient (Wildman–Crippen LogP) is 1.63. The van der Waals surface area contributed by atoms with Gasteiger partial charge in [-0.2, -0.15) is 0 Å². The van der Waals surface area contributed by atoms with Gasteiger partial charge in [-0.3, -0.25) is 9.18 Å². The van der Waals surface area contributed by atoms with Crippen molar-refractivity contribution in [2.75, 3.05) is 31.2 Å². The molecule has 2 aliphatic heterocycles. The number of alkyl halides is 1. The van der Waals surface area contributed by atoms with E-state index in [-0.39, 0.29) is 24.5 Å². The van der Waals surface area contributed by atoms with Crippen LogP contribution in [-0.2, 0) is 4.79 Å². The molecule has 2 saturated heterocycles. The molecular formula is C13H19FN4OS. The van der Waals surface area contributed by atoms with E-state index in [1.807, 2.05) is 11.8 Å². The molecule has 1 aromatic heterocycles. The third kappa shape index (κ3) is 2.63. The maximum atomic E-state index is 12.7. The molecule has 3 rings (SSSR count). The molecule has 7 heteroatoms. The smallest absolute Gasteiger partial charge is 0.223 e. The number of hydrogen-bond donors (Lipinski definition) is 0. The van der Waals surface area contributed by atoms with E-state index in [9.17, 15) is 9.18 Å². The highest BCUT2D eigenvalue weighted by molar-refractivity contribution is 7.15. The summed E-state index contributed by atoms with van der Waals surface area (Å²) in [5.74, 6) is 0.0317. The number of aromatic nitrogens is 2. The van der Waals surface area contributed by atoms with Gasteiger partial charge >= 0.3 is 0 Å². The van der Waals surface area contributed by atoms with Gasteiger partial charge in [0, 0.05) is 38.0 Å². The quantitative estimate of drug-likeness (QED) is 0.851. The molecule has 0 spiro atoms. The van der Waals surface area contributed by atoms with Crippen molar-refractivity contribution in [3.63, 3.8) is 0 Å². The number of aryl methyl sites for hydroxylation is 1. The van der Waals surface area contributed by atoms with Crippen LogP contribution in [-0.4, -0.2) is 53.4 Å². The van der Waals surface area contributed by atoms with Gasteiger partial charge in [0.15, 0.2) is 0 Å². The van der Waals surface area contributed by atoms with Gasteiger partial charge in [0.05, 0.1) is 6.67 Å². The first-order valence-corrected chi connectivity index (χ1v) is 7.89. The first-order valence-electron chi connectivity index (χ1n) is 7.08. The molecule has 3 heterocycles. The van der Waals surface area contributed by atoms with Crippen LogP contribution in [0.4, 0.5) is 9.52 Å². The van der Waals surface area contributed by atoms with Crippen LogP contribution >= 0.6 is 11.3 Å². The molecule has 5 nitrogen and oxygen atoms in total. The van der Waals surface area contributed by atoms with Gasteiger partial charge in [-0.05, 0) is 19.8 Å². The van der Waals surface area contributed by atoms with Gasteiger partial charge in [-0.25, -0.2) is 0 Å². The average Bonchev–Trinajstić information content (AvgIpc) is 3.05. The number of hydrogen-bond acceptors (Lipinski definition) is 5. The molecule has 2 fully saturated rings. The maximum Gasteiger partial charge on any atom is 0.223 e. The van der Waals surface area contributed by atoms with E-state index >= 15 is 0 Å². The molecule has 20 heavy (non-hydrogen) atoms. The Kier molecular flexibility index (Phi) is 3.87. The summed E-state index contributed by atoms with van der Waals surface area (Å²) in [4.78, 5) is 16.0. The first kappa shape index (κ1) is 13.7. The zero-order valence-electron chi connectivity index (χ0n) is 11.6. The summed E-state index contributed by atoms with van der Waals surface area (Å²) in [5.41, 5.74) is 0. The fourth-order valence-electron chi connectivity index (χ4n) is 3.05. The first-order chi connectivity index (χ1) is 9.67. The van der Waals surface area contributed by atoms with E-state index in [0.29, 0.717) is 13.0 Å². The third-order valence-electron chi connectivity index (χ3n) is 4.15. The minimum absolute atomic E-state index is 0.0914. The summed E-state index contributed by atoms with van der Waals surface area (Å²) in [6.45, 7) is 3.95. The number of likely N-dealkylation sites (tertiary alicyclic amines) is 1. The van der Waals surface area contributed by atoms with Gasteiger partial charge in [-0.15, -0.1) is 10.2 Å². The second kappa shape index (κ2) is 5.63. The highest BCUT2D eigenvalue weighted by Crippen LogP contribution is 2.28. The zero-order valence-corrected chi connectivity index (χ0v) is 12.4. The van der Waals surface area contributed by atoms with E-state index in [1.54, 1.807) is 11.3 Å². The highest BCUT2D eigenvalue weighted by Gasteiger charge is 2.36. The van der Waals surface area contributed by atoms with Gasteiger partial charge < -0.3 is 9.80 Å². The lowest BCUT2D eigenvalue weighted by atomic mass is 10.0. The van der Waals surface area contributed by atoms with Crippen molar-refractivity contribution in [3.05, 3.63) is 5.01 Å². The number of amides is 1. The lowest BCUT2D eigenvalue weighted by Crippen LogP contribution is -2.45. The maximum absolute atomic E-state index is 12.7. The van der Waals surface area contributed by atoms with Crippen LogP contribution < -0.4 is 4.90 Å². The van der Waals surface area contributed by atoms with Crippen molar-refractivity contribution in [2.45, 2.75) is 32.2 Å². The standard InChI is InChI=1S/C13H19FN4OS/c1-9-15-16-13(20-9)17-4-2-11(3-5-17)18-8-10(7-14)6-12(18)19/h10-11H,2-8H2,1H3. The average molecular weight is 298 g/mol. The molecule has 0 aromatic carbocycles. The van der Waals surface area contributed by atoms with Crippen LogP contribution in [0.25, 0.3) is 0 Å². The van der Waals surface area contributed by atoms with Crippen molar-refractivity contribution in [1.82, 2.24) is 15.1 Å². The molecular weight excluding hydrogens is 279 g/mol. The number of nitrogens with zero attached hydrogens (tertiary/aromatic N) is 4. The summed E-state index contributed by atoms with van der Waals surface area (Å²) >= 11 is 1.61. The molecule has 110 valence electrons. The Morgan fingerprint density at radius 2 is 2.10 bits per heavy atom. The van der Waals surface area contributed by atoms with Crippen LogP contribution in [0.1, 0.15) is 24.3 Å². The van der Waals surface area contributed by atoms with Crippen molar-refractivity contribution in [3.8, 4) is 0 Å². The molecule has 1 unspecified atom stereocenters. The van der Waals surface area contributed by atoms with Gasteiger partial charge in [0.2, 0.25) is 11.0 Å².